The van der Waals surface area contributed by atoms with Gasteiger partial charge in [-0.1, -0.05) is 30.3 Å². The van der Waals surface area contributed by atoms with Gasteiger partial charge in [0.05, 0.1) is 6.54 Å². The minimum atomic E-state index is -0.531. The molecule has 144 valence electrons. The van der Waals surface area contributed by atoms with Gasteiger partial charge in [0.25, 0.3) is 0 Å². The Balaban J connectivity index is 1.84. The van der Waals surface area contributed by atoms with Crippen LogP contribution in [0.2, 0.25) is 0 Å². The largest absolute Gasteiger partial charge is 0.443 e. The van der Waals surface area contributed by atoms with E-state index in [1.165, 1.54) is 18.5 Å². The quantitative estimate of drug-likeness (QED) is 0.665. The molecule has 0 saturated heterocycles. The summed E-state index contributed by atoms with van der Waals surface area (Å²) in [6.07, 6.45) is 2.21. The monoisotopic (exact) mass is 366 g/mol. The third kappa shape index (κ3) is 5.25. The molecular formula is C23H30N2O2. The zero-order valence-corrected chi connectivity index (χ0v) is 16.8. The first kappa shape index (κ1) is 19.3. The molecule has 1 aliphatic carbocycles. The van der Waals surface area contributed by atoms with Crippen molar-refractivity contribution in [2.75, 3.05) is 16.3 Å². The van der Waals surface area contributed by atoms with Crippen molar-refractivity contribution < 1.29 is 9.53 Å². The Bertz CT molecular complexity index is 763. The van der Waals surface area contributed by atoms with Crippen LogP contribution in [0.25, 0.3) is 0 Å². The number of benzene rings is 2. The highest BCUT2D eigenvalue weighted by Crippen LogP contribution is 2.32. The molecule has 2 aromatic carbocycles. The lowest BCUT2D eigenvalue weighted by atomic mass is 10.1. The van der Waals surface area contributed by atoms with Crippen LogP contribution in [0.15, 0.2) is 54.6 Å². The number of anilines is 2. The molecule has 0 aromatic heterocycles. The summed E-state index contributed by atoms with van der Waals surface area (Å²) in [5, 5.41) is 0. The maximum absolute atomic E-state index is 12.9. The Morgan fingerprint density at radius 2 is 1.70 bits per heavy atom. The molecule has 2 aromatic rings. The van der Waals surface area contributed by atoms with E-state index in [1.807, 2.05) is 51.1 Å². The molecule has 3 rings (SSSR count). The average Bonchev–Trinajstić information content (AvgIpc) is 3.45. The van der Waals surface area contributed by atoms with Crippen molar-refractivity contribution in [2.45, 2.75) is 58.7 Å². The molecule has 1 fully saturated rings. The molecule has 0 bridgehead atoms. The lowest BCUT2D eigenvalue weighted by Crippen LogP contribution is -2.36. The summed E-state index contributed by atoms with van der Waals surface area (Å²) in [7, 11) is 0. The molecule has 27 heavy (non-hydrogen) atoms. The predicted octanol–water partition coefficient (Wildman–Crippen LogP) is 5.62. The summed E-state index contributed by atoms with van der Waals surface area (Å²) in [6.45, 7) is 9.36. The minimum Gasteiger partial charge on any atom is -0.443 e. The number of carbonyl (C=O) groups excluding carboxylic acids is 1. The maximum Gasteiger partial charge on any atom is 0.415 e. The lowest BCUT2D eigenvalue weighted by molar-refractivity contribution is 0.0577. The van der Waals surface area contributed by atoms with Crippen LogP contribution in [0.4, 0.5) is 16.2 Å². The minimum absolute atomic E-state index is 0.325. The molecule has 0 aliphatic heterocycles. The van der Waals surface area contributed by atoms with E-state index in [-0.39, 0.29) is 6.09 Å². The second-order valence-corrected chi connectivity index (χ2v) is 8.09. The SMILES string of the molecule is CCN(c1cccc(CN(C(=O)OC(C)(C)C)c2ccccc2)c1)C1CC1. The molecule has 4 nitrogen and oxygen atoms in total. The summed E-state index contributed by atoms with van der Waals surface area (Å²) in [5.74, 6) is 0. The molecular weight excluding hydrogens is 336 g/mol. The van der Waals surface area contributed by atoms with Crippen molar-refractivity contribution in [1.29, 1.82) is 0 Å². The molecule has 1 aliphatic rings. The molecule has 0 heterocycles. The van der Waals surface area contributed by atoms with E-state index in [0.717, 1.165) is 17.8 Å². The Kier molecular flexibility index (Phi) is 5.73. The van der Waals surface area contributed by atoms with E-state index in [2.05, 4.69) is 36.1 Å². The zero-order valence-electron chi connectivity index (χ0n) is 16.8. The van der Waals surface area contributed by atoms with Crippen molar-refractivity contribution in [2.24, 2.45) is 0 Å². The van der Waals surface area contributed by atoms with Crippen molar-refractivity contribution in [1.82, 2.24) is 0 Å². The summed E-state index contributed by atoms with van der Waals surface area (Å²) in [5.41, 5.74) is 2.64. The van der Waals surface area contributed by atoms with E-state index in [1.54, 1.807) is 4.90 Å². The Morgan fingerprint density at radius 1 is 1.04 bits per heavy atom. The summed E-state index contributed by atoms with van der Waals surface area (Å²) in [6, 6.07) is 18.9. The van der Waals surface area contributed by atoms with Crippen molar-refractivity contribution in [3.05, 3.63) is 60.2 Å². The van der Waals surface area contributed by atoms with Crippen LogP contribution in [-0.4, -0.2) is 24.3 Å². The van der Waals surface area contributed by atoms with Gasteiger partial charge in [-0.05, 0) is 70.4 Å². The molecule has 0 N–H and O–H groups in total. The Morgan fingerprint density at radius 3 is 2.30 bits per heavy atom. The first-order valence-electron chi connectivity index (χ1n) is 9.78. The highest BCUT2D eigenvalue weighted by molar-refractivity contribution is 5.87. The highest BCUT2D eigenvalue weighted by Gasteiger charge is 2.28. The topological polar surface area (TPSA) is 32.8 Å². The van der Waals surface area contributed by atoms with Gasteiger partial charge in [0, 0.05) is 24.0 Å². The van der Waals surface area contributed by atoms with E-state index < -0.39 is 5.60 Å². The van der Waals surface area contributed by atoms with Gasteiger partial charge in [-0.15, -0.1) is 0 Å². The van der Waals surface area contributed by atoms with Gasteiger partial charge >= 0.3 is 6.09 Å². The van der Waals surface area contributed by atoms with Gasteiger partial charge in [0.2, 0.25) is 0 Å². The van der Waals surface area contributed by atoms with Gasteiger partial charge in [-0.3, -0.25) is 4.90 Å². The average molecular weight is 367 g/mol. The van der Waals surface area contributed by atoms with Crippen LogP contribution in [0, 0.1) is 0 Å². The number of carbonyl (C=O) groups is 1. The fourth-order valence-electron chi connectivity index (χ4n) is 3.24. The summed E-state index contributed by atoms with van der Waals surface area (Å²) in [4.78, 5) is 17.0. The number of hydrogen-bond donors (Lipinski definition) is 0. The number of nitrogens with zero attached hydrogens (tertiary/aromatic N) is 2. The normalized spacial score (nSPS) is 13.9. The van der Waals surface area contributed by atoms with Crippen LogP contribution < -0.4 is 9.80 Å². The number of ether oxygens (including phenoxy) is 1. The lowest BCUT2D eigenvalue weighted by Gasteiger charge is -2.28. The highest BCUT2D eigenvalue weighted by atomic mass is 16.6. The van der Waals surface area contributed by atoms with Gasteiger partial charge in [0.1, 0.15) is 5.60 Å². The standard InChI is InChI=1S/C23H30N2O2/c1-5-24(20-14-15-20)21-13-9-10-18(16-21)17-25(19-11-7-6-8-12-19)22(26)27-23(2,3)4/h6-13,16,20H,5,14-15,17H2,1-4H3. The fraction of sp³-hybridized carbons (Fsp3) is 0.435. The molecule has 0 radical (unpaired) electrons. The first-order valence-corrected chi connectivity index (χ1v) is 9.78. The molecule has 1 saturated carbocycles. The van der Waals surface area contributed by atoms with Crippen molar-refractivity contribution in [3.63, 3.8) is 0 Å². The second kappa shape index (κ2) is 8.03. The number of amides is 1. The molecule has 1 amide bonds. The van der Waals surface area contributed by atoms with Crippen LogP contribution in [0.1, 0.15) is 46.1 Å². The van der Waals surface area contributed by atoms with Crippen LogP contribution in [0.3, 0.4) is 0 Å². The molecule has 0 atom stereocenters. The third-order valence-corrected chi connectivity index (χ3v) is 4.59. The molecule has 0 spiro atoms. The Hall–Kier alpha value is -2.49. The number of rotatable bonds is 6. The van der Waals surface area contributed by atoms with Crippen LogP contribution in [0.5, 0.6) is 0 Å². The van der Waals surface area contributed by atoms with E-state index in [9.17, 15) is 4.79 Å². The summed E-state index contributed by atoms with van der Waals surface area (Å²) >= 11 is 0. The fourth-order valence-corrected chi connectivity index (χ4v) is 3.24. The van der Waals surface area contributed by atoms with Crippen molar-refractivity contribution >= 4 is 17.5 Å². The Labute approximate surface area is 162 Å². The van der Waals surface area contributed by atoms with Crippen LogP contribution in [-0.2, 0) is 11.3 Å². The van der Waals surface area contributed by atoms with E-state index in [4.69, 9.17) is 4.74 Å². The maximum atomic E-state index is 12.9. The van der Waals surface area contributed by atoms with Gasteiger partial charge in [-0.2, -0.15) is 0 Å². The molecule has 4 heteroatoms. The van der Waals surface area contributed by atoms with Gasteiger partial charge in [0.15, 0.2) is 0 Å². The number of para-hydroxylation sites is 1. The number of hydrogen-bond acceptors (Lipinski definition) is 3. The van der Waals surface area contributed by atoms with Gasteiger partial charge in [-0.25, -0.2) is 4.79 Å². The van der Waals surface area contributed by atoms with E-state index >= 15 is 0 Å². The first-order chi connectivity index (χ1) is 12.9. The second-order valence-electron chi connectivity index (χ2n) is 8.09. The smallest absolute Gasteiger partial charge is 0.415 e. The third-order valence-electron chi connectivity index (χ3n) is 4.59. The van der Waals surface area contributed by atoms with Gasteiger partial charge < -0.3 is 9.64 Å². The van der Waals surface area contributed by atoms with Crippen molar-refractivity contribution in [3.8, 4) is 0 Å². The molecule has 0 unspecified atom stereocenters. The predicted molar refractivity (Wildman–Crippen MR) is 111 cm³/mol. The summed E-state index contributed by atoms with van der Waals surface area (Å²) < 4.78 is 5.65. The van der Waals surface area contributed by atoms with Crippen LogP contribution >= 0.6 is 0 Å². The zero-order chi connectivity index (χ0) is 19.4. The van der Waals surface area contributed by atoms with E-state index in [0.29, 0.717) is 12.6 Å².